The Morgan fingerprint density at radius 2 is 1.83 bits per heavy atom. The molecule has 1 N–H and O–H groups in total. The molecule has 5 rings (SSSR count). The van der Waals surface area contributed by atoms with Crippen LogP contribution in [-0.4, -0.2) is 47.8 Å². The SMILES string of the molecule is Cc1cc2nc(N3CCC(C(=O)NC4CCOC4)CC3)n(-c3cccc(C(F)(F)F)c3)c2cc1C. The molecule has 2 aliphatic heterocycles. The van der Waals surface area contributed by atoms with Gasteiger partial charge in [0, 0.05) is 31.3 Å². The number of rotatable bonds is 4. The number of nitrogens with one attached hydrogen (secondary N) is 1. The van der Waals surface area contributed by atoms with Crippen molar-refractivity contribution < 1.29 is 22.7 Å². The van der Waals surface area contributed by atoms with E-state index in [2.05, 4.69) is 10.2 Å². The van der Waals surface area contributed by atoms with Crippen LogP contribution in [0.2, 0.25) is 0 Å². The number of ether oxygens (including phenoxy) is 1. The van der Waals surface area contributed by atoms with Crippen molar-refractivity contribution in [1.82, 2.24) is 14.9 Å². The molecule has 0 bridgehead atoms. The fourth-order valence-electron chi connectivity index (χ4n) is 4.92. The second-order valence-electron chi connectivity index (χ2n) is 9.55. The lowest BCUT2D eigenvalue weighted by Crippen LogP contribution is -2.44. The Balaban J connectivity index is 1.46. The largest absolute Gasteiger partial charge is 0.416 e. The van der Waals surface area contributed by atoms with Gasteiger partial charge in [-0.2, -0.15) is 13.2 Å². The van der Waals surface area contributed by atoms with Crippen molar-refractivity contribution in [3.8, 4) is 5.69 Å². The zero-order valence-electron chi connectivity index (χ0n) is 19.9. The first-order valence-electron chi connectivity index (χ1n) is 12.0. The molecule has 3 heterocycles. The molecule has 3 aromatic rings. The number of aryl methyl sites for hydroxylation is 2. The summed E-state index contributed by atoms with van der Waals surface area (Å²) in [6.45, 7) is 6.41. The molecule has 2 fully saturated rings. The van der Waals surface area contributed by atoms with E-state index in [0.717, 1.165) is 34.6 Å². The van der Waals surface area contributed by atoms with Crippen molar-refractivity contribution in [3.63, 3.8) is 0 Å². The third-order valence-corrected chi connectivity index (χ3v) is 7.11. The standard InChI is InChI=1S/C26H29F3N4O2/c1-16-12-22-23(13-17(16)2)33(21-5-3-4-19(14-21)26(27,28)29)25(31-22)32-9-6-18(7-10-32)24(34)30-20-8-11-35-15-20/h3-5,12-14,18,20H,6-11,15H2,1-2H3,(H,30,34). The van der Waals surface area contributed by atoms with Gasteiger partial charge in [-0.05, 0) is 74.6 Å². The summed E-state index contributed by atoms with van der Waals surface area (Å²) in [5.41, 5.74) is 3.34. The van der Waals surface area contributed by atoms with Crippen LogP contribution in [0.15, 0.2) is 36.4 Å². The molecule has 1 atom stereocenters. The number of alkyl halides is 3. The molecule has 6 nitrogen and oxygen atoms in total. The van der Waals surface area contributed by atoms with E-state index in [-0.39, 0.29) is 17.9 Å². The van der Waals surface area contributed by atoms with E-state index in [9.17, 15) is 18.0 Å². The molecule has 0 spiro atoms. The van der Waals surface area contributed by atoms with Gasteiger partial charge in [0.2, 0.25) is 11.9 Å². The van der Waals surface area contributed by atoms with Crippen molar-refractivity contribution in [2.45, 2.75) is 45.3 Å². The minimum atomic E-state index is -4.44. The molecule has 1 unspecified atom stereocenters. The molecule has 0 saturated carbocycles. The summed E-state index contributed by atoms with van der Waals surface area (Å²) in [7, 11) is 0. The summed E-state index contributed by atoms with van der Waals surface area (Å²) >= 11 is 0. The third kappa shape index (κ3) is 4.74. The summed E-state index contributed by atoms with van der Waals surface area (Å²) in [5, 5.41) is 3.08. The van der Waals surface area contributed by atoms with Gasteiger partial charge in [0.25, 0.3) is 0 Å². The molecule has 9 heteroatoms. The van der Waals surface area contributed by atoms with Gasteiger partial charge in [-0.25, -0.2) is 4.98 Å². The number of carbonyl (C=O) groups excluding carboxylic acids is 1. The summed E-state index contributed by atoms with van der Waals surface area (Å²) in [5.74, 6) is 0.563. The predicted molar refractivity (Wildman–Crippen MR) is 128 cm³/mol. The van der Waals surface area contributed by atoms with E-state index < -0.39 is 11.7 Å². The fraction of sp³-hybridized carbons (Fsp3) is 0.462. The Kier molecular flexibility index (Phi) is 6.21. The number of amides is 1. The Hall–Kier alpha value is -3.07. The van der Waals surface area contributed by atoms with E-state index in [1.807, 2.05) is 30.5 Å². The molecular formula is C26H29F3N4O2. The summed E-state index contributed by atoms with van der Waals surface area (Å²) in [6, 6.07) is 9.39. The minimum absolute atomic E-state index is 0.0535. The van der Waals surface area contributed by atoms with Crippen molar-refractivity contribution in [2.24, 2.45) is 5.92 Å². The van der Waals surface area contributed by atoms with Crippen LogP contribution < -0.4 is 10.2 Å². The van der Waals surface area contributed by atoms with Crippen LogP contribution in [0.25, 0.3) is 16.7 Å². The molecule has 1 aromatic heterocycles. The number of benzene rings is 2. The lowest BCUT2D eigenvalue weighted by molar-refractivity contribution is -0.137. The average molecular weight is 487 g/mol. The predicted octanol–water partition coefficient (Wildman–Crippen LogP) is 4.78. The second kappa shape index (κ2) is 9.18. The van der Waals surface area contributed by atoms with Gasteiger partial charge < -0.3 is 15.0 Å². The highest BCUT2D eigenvalue weighted by atomic mass is 19.4. The van der Waals surface area contributed by atoms with Gasteiger partial charge in [0.1, 0.15) is 0 Å². The molecule has 1 amide bonds. The number of halogens is 3. The number of imidazole rings is 1. The fourth-order valence-corrected chi connectivity index (χ4v) is 4.92. The van der Waals surface area contributed by atoms with E-state index in [1.165, 1.54) is 12.1 Å². The Labute approximate surface area is 202 Å². The molecule has 0 radical (unpaired) electrons. The molecule has 2 aromatic carbocycles. The first-order chi connectivity index (χ1) is 16.7. The lowest BCUT2D eigenvalue weighted by Gasteiger charge is -2.33. The lowest BCUT2D eigenvalue weighted by atomic mass is 9.95. The highest BCUT2D eigenvalue weighted by Crippen LogP contribution is 2.35. The van der Waals surface area contributed by atoms with Gasteiger partial charge >= 0.3 is 6.18 Å². The number of aromatic nitrogens is 2. The quantitative estimate of drug-likeness (QED) is 0.577. The molecule has 0 aliphatic carbocycles. The van der Waals surface area contributed by atoms with Gasteiger partial charge in [0.05, 0.1) is 29.2 Å². The number of fused-ring (bicyclic) bond motifs is 1. The first-order valence-corrected chi connectivity index (χ1v) is 12.0. The van der Waals surface area contributed by atoms with E-state index in [4.69, 9.17) is 9.72 Å². The maximum absolute atomic E-state index is 13.5. The van der Waals surface area contributed by atoms with Crippen molar-refractivity contribution in [1.29, 1.82) is 0 Å². The number of nitrogens with zero attached hydrogens (tertiary/aromatic N) is 3. The van der Waals surface area contributed by atoms with Crippen LogP contribution in [0.3, 0.4) is 0 Å². The normalized spacial score (nSPS) is 19.5. The highest BCUT2D eigenvalue weighted by molar-refractivity contribution is 5.83. The van der Waals surface area contributed by atoms with Crippen molar-refractivity contribution in [2.75, 3.05) is 31.2 Å². The molecule has 35 heavy (non-hydrogen) atoms. The molecular weight excluding hydrogens is 457 g/mol. The van der Waals surface area contributed by atoms with Crippen LogP contribution in [0.1, 0.15) is 36.0 Å². The minimum Gasteiger partial charge on any atom is -0.379 e. The first kappa shape index (κ1) is 23.7. The number of anilines is 1. The van der Waals surface area contributed by atoms with Crippen molar-refractivity contribution in [3.05, 3.63) is 53.1 Å². The average Bonchev–Trinajstić information content (AvgIpc) is 3.47. The summed E-state index contributed by atoms with van der Waals surface area (Å²) in [4.78, 5) is 19.6. The smallest absolute Gasteiger partial charge is 0.379 e. The topological polar surface area (TPSA) is 59.4 Å². The molecule has 186 valence electrons. The van der Waals surface area contributed by atoms with Crippen LogP contribution in [0.5, 0.6) is 0 Å². The Bertz CT molecular complexity index is 1240. The van der Waals surface area contributed by atoms with Crippen molar-refractivity contribution >= 4 is 22.9 Å². The van der Waals surface area contributed by atoms with Crippen LogP contribution in [0, 0.1) is 19.8 Å². The van der Waals surface area contributed by atoms with E-state index >= 15 is 0 Å². The van der Waals surface area contributed by atoms with Crippen LogP contribution in [-0.2, 0) is 15.7 Å². The second-order valence-corrected chi connectivity index (χ2v) is 9.55. The van der Waals surface area contributed by atoms with Crippen LogP contribution >= 0.6 is 0 Å². The maximum atomic E-state index is 13.5. The van der Waals surface area contributed by atoms with E-state index in [0.29, 0.717) is 50.8 Å². The summed E-state index contributed by atoms with van der Waals surface area (Å²) in [6.07, 6.45) is -2.29. The number of piperidine rings is 1. The maximum Gasteiger partial charge on any atom is 0.416 e. The Morgan fingerprint density at radius 3 is 2.51 bits per heavy atom. The molecule has 2 saturated heterocycles. The summed E-state index contributed by atoms with van der Waals surface area (Å²) < 4.78 is 47.6. The van der Waals surface area contributed by atoms with Crippen LogP contribution in [0.4, 0.5) is 19.1 Å². The van der Waals surface area contributed by atoms with Gasteiger partial charge in [-0.15, -0.1) is 0 Å². The van der Waals surface area contributed by atoms with Gasteiger partial charge in [-0.1, -0.05) is 6.07 Å². The number of hydrogen-bond donors (Lipinski definition) is 1. The highest BCUT2D eigenvalue weighted by Gasteiger charge is 2.32. The molecule has 2 aliphatic rings. The zero-order valence-corrected chi connectivity index (χ0v) is 19.9. The van der Waals surface area contributed by atoms with Gasteiger partial charge in [-0.3, -0.25) is 9.36 Å². The monoisotopic (exact) mass is 486 g/mol. The third-order valence-electron chi connectivity index (χ3n) is 7.11. The number of hydrogen-bond acceptors (Lipinski definition) is 4. The van der Waals surface area contributed by atoms with E-state index in [1.54, 1.807) is 6.07 Å². The Morgan fingerprint density at radius 1 is 1.09 bits per heavy atom. The zero-order chi connectivity index (χ0) is 24.7. The number of carbonyl (C=O) groups is 1. The van der Waals surface area contributed by atoms with Gasteiger partial charge in [0.15, 0.2) is 0 Å².